The zero-order valence-electron chi connectivity index (χ0n) is 14.7. The van der Waals surface area contributed by atoms with Crippen LogP contribution in [0.2, 0.25) is 0 Å². The van der Waals surface area contributed by atoms with E-state index in [0.29, 0.717) is 13.0 Å². The van der Waals surface area contributed by atoms with E-state index in [1.165, 1.54) is 23.3 Å². The monoisotopic (exact) mass is 369 g/mol. The van der Waals surface area contributed by atoms with Crippen LogP contribution in [0.3, 0.4) is 0 Å². The Labute approximate surface area is 155 Å². The van der Waals surface area contributed by atoms with Crippen LogP contribution in [0, 0.1) is 0 Å². The zero-order chi connectivity index (χ0) is 19.4. The van der Waals surface area contributed by atoms with Gasteiger partial charge < -0.3 is 11.1 Å². The molecule has 140 valence electrons. The van der Waals surface area contributed by atoms with Crippen LogP contribution in [0.4, 0.5) is 4.79 Å². The summed E-state index contributed by atoms with van der Waals surface area (Å²) in [6.45, 7) is 0.534. The second kappa shape index (κ2) is 7.68. The molecule has 10 nitrogen and oxygen atoms in total. The van der Waals surface area contributed by atoms with Gasteiger partial charge in [0.15, 0.2) is 5.96 Å². The number of nitrogens with one attached hydrogen (secondary N) is 1. The summed E-state index contributed by atoms with van der Waals surface area (Å²) in [6.07, 6.45) is 4.64. The van der Waals surface area contributed by atoms with Crippen LogP contribution in [0.5, 0.6) is 0 Å². The number of nitrogens with two attached hydrogens (primary N) is 1. The lowest BCUT2D eigenvalue weighted by atomic mass is 10.1. The Morgan fingerprint density at radius 2 is 1.93 bits per heavy atom. The molecule has 10 heteroatoms. The molecule has 0 spiro atoms. The van der Waals surface area contributed by atoms with Crippen LogP contribution in [0.25, 0.3) is 0 Å². The predicted molar refractivity (Wildman–Crippen MR) is 96.8 cm³/mol. The van der Waals surface area contributed by atoms with Gasteiger partial charge in [-0.1, -0.05) is 12.1 Å². The quantitative estimate of drug-likeness (QED) is 0.338. The molecule has 1 aromatic heterocycles. The van der Waals surface area contributed by atoms with E-state index in [2.05, 4.69) is 15.3 Å². The summed E-state index contributed by atoms with van der Waals surface area (Å²) in [5, 5.41) is 4.87. The maximum Gasteiger partial charge on any atom is 0.348 e. The van der Waals surface area contributed by atoms with Gasteiger partial charge in [-0.2, -0.15) is 5.01 Å². The molecule has 0 aliphatic carbocycles. The molecular formula is C17H19N7O3. The Balaban J connectivity index is 1.83. The largest absolute Gasteiger partial charge is 0.370 e. The van der Waals surface area contributed by atoms with Gasteiger partial charge in [-0.25, -0.2) is 14.8 Å². The molecule has 1 aromatic carbocycles. The summed E-state index contributed by atoms with van der Waals surface area (Å²) in [4.78, 5) is 46.0. The first kappa shape index (κ1) is 18.1. The van der Waals surface area contributed by atoms with E-state index in [9.17, 15) is 14.4 Å². The summed E-state index contributed by atoms with van der Waals surface area (Å²) >= 11 is 0. The third-order valence-electron chi connectivity index (χ3n) is 4.05. The molecule has 27 heavy (non-hydrogen) atoms. The van der Waals surface area contributed by atoms with Gasteiger partial charge in [0.05, 0.1) is 11.1 Å². The van der Waals surface area contributed by atoms with Gasteiger partial charge in [0.1, 0.15) is 6.33 Å². The first-order chi connectivity index (χ1) is 13.0. The highest BCUT2D eigenvalue weighted by molar-refractivity contribution is 6.21. The lowest BCUT2D eigenvalue weighted by Gasteiger charge is -2.29. The van der Waals surface area contributed by atoms with Crippen molar-refractivity contribution in [3.63, 3.8) is 0 Å². The normalized spacial score (nSPS) is 13.7. The molecule has 0 atom stereocenters. The molecule has 1 aliphatic rings. The minimum absolute atomic E-state index is 0.118. The van der Waals surface area contributed by atoms with Gasteiger partial charge in [0.25, 0.3) is 11.8 Å². The maximum atomic E-state index is 12.9. The summed E-state index contributed by atoms with van der Waals surface area (Å²) in [5.74, 6) is -0.804. The van der Waals surface area contributed by atoms with Crippen molar-refractivity contribution >= 4 is 23.8 Å². The molecule has 1 aliphatic heterocycles. The topological polar surface area (TPSA) is 126 Å². The van der Waals surface area contributed by atoms with Gasteiger partial charge in [-0.3, -0.25) is 19.1 Å². The average molecular weight is 369 g/mol. The highest BCUT2D eigenvalue weighted by Crippen LogP contribution is 2.24. The Bertz CT molecular complexity index is 857. The number of hydrogen-bond donors (Lipinski definition) is 2. The molecule has 0 saturated carbocycles. The van der Waals surface area contributed by atoms with Crippen molar-refractivity contribution in [1.82, 2.24) is 24.9 Å². The standard InChI is InChI=1S/C17H19N7O3/c1-19-16(18)21-7-4-9-23(17(27)22-10-8-20-11-22)24-14(25)12-5-2-3-6-13(12)15(24)26/h2-3,5-6,8,10-11H,4,7,9H2,1H3,(H3,18,19,21). The van der Waals surface area contributed by atoms with Gasteiger partial charge >= 0.3 is 6.03 Å². The number of carbonyl (C=O) groups excluding carboxylic acids is 3. The molecule has 3 N–H and O–H groups in total. The number of hydrogen-bond acceptors (Lipinski definition) is 5. The van der Waals surface area contributed by atoms with E-state index in [0.717, 1.165) is 10.0 Å². The van der Waals surface area contributed by atoms with Crippen molar-refractivity contribution in [2.24, 2.45) is 10.7 Å². The summed E-state index contributed by atoms with van der Waals surface area (Å²) < 4.78 is 1.21. The number of rotatable bonds is 5. The van der Waals surface area contributed by atoms with Crippen molar-refractivity contribution in [3.05, 3.63) is 54.1 Å². The number of benzene rings is 1. The maximum absolute atomic E-state index is 12.9. The summed E-state index contributed by atoms with van der Waals surface area (Å²) in [7, 11) is 1.55. The number of aromatic nitrogens is 2. The Kier molecular flexibility index (Phi) is 5.15. The van der Waals surface area contributed by atoms with Crippen LogP contribution in [0.15, 0.2) is 48.0 Å². The van der Waals surface area contributed by atoms with Crippen molar-refractivity contribution in [1.29, 1.82) is 0 Å². The Morgan fingerprint density at radius 3 is 2.48 bits per heavy atom. The lowest BCUT2D eigenvalue weighted by molar-refractivity contribution is 0.0180. The van der Waals surface area contributed by atoms with Gasteiger partial charge in [-0.15, -0.1) is 0 Å². The molecule has 0 unspecified atom stereocenters. The van der Waals surface area contributed by atoms with Gasteiger partial charge in [-0.05, 0) is 18.6 Å². The lowest BCUT2D eigenvalue weighted by Crippen LogP contribution is -2.51. The van der Waals surface area contributed by atoms with Gasteiger partial charge in [0.2, 0.25) is 0 Å². The third kappa shape index (κ3) is 3.50. The molecule has 0 radical (unpaired) electrons. The Morgan fingerprint density at radius 1 is 1.26 bits per heavy atom. The minimum Gasteiger partial charge on any atom is -0.370 e. The highest BCUT2D eigenvalue weighted by atomic mass is 16.2. The SMILES string of the molecule is CN=C(N)NCCCN(C(=O)n1ccnc1)N1C(=O)c2ccccc2C1=O. The first-order valence-electron chi connectivity index (χ1n) is 8.28. The van der Waals surface area contributed by atoms with E-state index in [1.807, 2.05) is 0 Å². The Hall–Kier alpha value is -3.69. The first-order valence-corrected chi connectivity index (χ1v) is 8.28. The van der Waals surface area contributed by atoms with Crippen LogP contribution in [-0.4, -0.2) is 63.5 Å². The molecule has 2 aromatic rings. The van der Waals surface area contributed by atoms with E-state index in [-0.39, 0.29) is 23.6 Å². The molecule has 3 amide bonds. The molecule has 0 saturated heterocycles. The molecule has 2 heterocycles. The number of imidazole rings is 1. The second-order valence-electron chi connectivity index (χ2n) is 5.73. The zero-order valence-corrected chi connectivity index (χ0v) is 14.7. The fourth-order valence-corrected chi connectivity index (χ4v) is 2.71. The number of nitrogens with zero attached hydrogens (tertiary/aromatic N) is 5. The van der Waals surface area contributed by atoms with E-state index >= 15 is 0 Å². The summed E-state index contributed by atoms with van der Waals surface area (Å²) in [6, 6.07) is 5.92. The van der Waals surface area contributed by atoms with Gasteiger partial charge in [0, 0.05) is 32.5 Å². The van der Waals surface area contributed by atoms with E-state index in [4.69, 9.17) is 5.73 Å². The molecule has 3 rings (SSSR count). The number of amides is 3. The number of hydrazine groups is 1. The minimum atomic E-state index is -0.556. The third-order valence-corrected chi connectivity index (χ3v) is 4.05. The van der Waals surface area contributed by atoms with Crippen LogP contribution >= 0.6 is 0 Å². The highest BCUT2D eigenvalue weighted by Gasteiger charge is 2.41. The molecule has 0 bridgehead atoms. The average Bonchev–Trinajstić information content (AvgIpc) is 3.30. The predicted octanol–water partition coefficient (Wildman–Crippen LogP) is 0.289. The van der Waals surface area contributed by atoms with Crippen molar-refractivity contribution in [2.75, 3.05) is 20.1 Å². The van der Waals surface area contributed by atoms with Crippen LogP contribution in [0.1, 0.15) is 27.1 Å². The second-order valence-corrected chi connectivity index (χ2v) is 5.73. The van der Waals surface area contributed by atoms with Crippen LogP contribution in [-0.2, 0) is 0 Å². The number of carbonyl (C=O) groups is 3. The smallest absolute Gasteiger partial charge is 0.348 e. The van der Waals surface area contributed by atoms with E-state index < -0.39 is 17.8 Å². The molecule has 0 fully saturated rings. The number of imide groups is 1. The molecular weight excluding hydrogens is 350 g/mol. The van der Waals surface area contributed by atoms with Crippen molar-refractivity contribution in [3.8, 4) is 0 Å². The number of guanidine groups is 1. The number of aliphatic imine (C=N–C) groups is 1. The van der Waals surface area contributed by atoms with Crippen LogP contribution < -0.4 is 11.1 Å². The number of fused-ring (bicyclic) bond motifs is 1. The fourth-order valence-electron chi connectivity index (χ4n) is 2.71. The van der Waals surface area contributed by atoms with Crippen molar-refractivity contribution in [2.45, 2.75) is 6.42 Å². The van der Waals surface area contributed by atoms with E-state index in [1.54, 1.807) is 31.3 Å². The summed E-state index contributed by atoms with van der Waals surface area (Å²) in [5.41, 5.74) is 6.12. The fraction of sp³-hybridized carbons (Fsp3) is 0.235. The van der Waals surface area contributed by atoms with Crippen molar-refractivity contribution < 1.29 is 14.4 Å².